The highest BCUT2D eigenvalue weighted by molar-refractivity contribution is 5.96. The highest BCUT2D eigenvalue weighted by Gasteiger charge is 2.26. The third kappa shape index (κ3) is 5.72. The van der Waals surface area contributed by atoms with E-state index in [1.54, 1.807) is 0 Å². The third-order valence-corrected chi connectivity index (χ3v) is 5.11. The fourth-order valence-electron chi connectivity index (χ4n) is 3.63. The highest BCUT2D eigenvalue weighted by Crippen LogP contribution is 2.27. The minimum atomic E-state index is -0.104. The van der Waals surface area contributed by atoms with Crippen LogP contribution in [0.15, 0.2) is 24.3 Å². The quantitative estimate of drug-likeness (QED) is 0.725. The van der Waals surface area contributed by atoms with Gasteiger partial charge in [-0.15, -0.1) is 12.4 Å². The number of carbonyl (C=O) groups is 2. The Morgan fingerprint density at radius 3 is 2.88 bits per heavy atom. The van der Waals surface area contributed by atoms with Gasteiger partial charge in [0.2, 0.25) is 11.8 Å². The van der Waals surface area contributed by atoms with E-state index < -0.39 is 0 Å². The van der Waals surface area contributed by atoms with E-state index in [0.29, 0.717) is 18.8 Å². The lowest BCUT2D eigenvalue weighted by Gasteiger charge is -2.24. The van der Waals surface area contributed by atoms with E-state index in [1.165, 1.54) is 12.8 Å². The number of fused-ring (bicyclic) bond motifs is 1. The molecule has 3 rings (SSSR count). The molecule has 1 aromatic rings. The van der Waals surface area contributed by atoms with Crippen molar-refractivity contribution in [1.82, 2.24) is 10.6 Å². The zero-order valence-electron chi connectivity index (χ0n) is 14.6. The topological polar surface area (TPSA) is 70.2 Å². The van der Waals surface area contributed by atoms with E-state index in [0.717, 1.165) is 43.7 Å². The molecule has 2 heterocycles. The summed E-state index contributed by atoms with van der Waals surface area (Å²) in [6.07, 6.45) is 5.28. The molecule has 1 saturated heterocycles. The second-order valence-electron chi connectivity index (χ2n) is 6.94. The summed E-state index contributed by atoms with van der Waals surface area (Å²) in [6.45, 7) is 2.93. The largest absolute Gasteiger partial charge is 0.356 e. The molecule has 0 radical (unpaired) electrons. The molecule has 0 spiro atoms. The Kier molecular flexibility index (Phi) is 7.72. The molecule has 0 aliphatic carbocycles. The number of hydrogen-bond acceptors (Lipinski definition) is 3. The first-order valence-electron chi connectivity index (χ1n) is 9.08. The molecule has 2 amide bonds. The molecule has 0 saturated carbocycles. The Bertz CT molecular complexity index is 588. The first-order chi connectivity index (χ1) is 11.7. The van der Waals surface area contributed by atoms with E-state index in [1.807, 2.05) is 24.3 Å². The molecule has 2 unspecified atom stereocenters. The monoisotopic (exact) mass is 365 g/mol. The number of hydrogen-bond donors (Lipinski definition) is 3. The number of piperidine rings is 1. The molecule has 0 bridgehead atoms. The maximum absolute atomic E-state index is 12.1. The van der Waals surface area contributed by atoms with Gasteiger partial charge in [0.25, 0.3) is 0 Å². The molecule has 2 aliphatic rings. The van der Waals surface area contributed by atoms with Crippen LogP contribution in [0.5, 0.6) is 0 Å². The molecule has 6 heteroatoms. The van der Waals surface area contributed by atoms with Gasteiger partial charge in [0, 0.05) is 24.6 Å². The van der Waals surface area contributed by atoms with Gasteiger partial charge in [0.05, 0.1) is 0 Å². The summed E-state index contributed by atoms with van der Waals surface area (Å²) in [5.41, 5.74) is 2.07. The first-order valence-corrected chi connectivity index (χ1v) is 9.08. The van der Waals surface area contributed by atoms with Crippen LogP contribution in [0.3, 0.4) is 0 Å². The zero-order valence-corrected chi connectivity index (χ0v) is 15.4. The number of halogens is 1. The molecule has 2 atom stereocenters. The average Bonchev–Trinajstić information content (AvgIpc) is 2.61. The molecule has 2 aliphatic heterocycles. The van der Waals surface area contributed by atoms with Gasteiger partial charge in [0.1, 0.15) is 0 Å². The fourth-order valence-corrected chi connectivity index (χ4v) is 3.63. The van der Waals surface area contributed by atoms with Crippen LogP contribution in [0.25, 0.3) is 0 Å². The van der Waals surface area contributed by atoms with E-state index in [-0.39, 0.29) is 30.1 Å². The van der Waals surface area contributed by atoms with Gasteiger partial charge in [-0.2, -0.15) is 0 Å². The number of rotatable bonds is 6. The molecule has 3 N–H and O–H groups in total. The van der Waals surface area contributed by atoms with Crippen molar-refractivity contribution in [2.75, 3.05) is 25.0 Å². The number of nitrogens with one attached hydrogen (secondary N) is 3. The van der Waals surface area contributed by atoms with E-state index in [9.17, 15) is 9.59 Å². The van der Waals surface area contributed by atoms with Gasteiger partial charge >= 0.3 is 0 Å². The average molecular weight is 366 g/mol. The minimum Gasteiger partial charge on any atom is -0.356 e. The summed E-state index contributed by atoms with van der Waals surface area (Å²) in [5.74, 6) is 0.674. The highest BCUT2D eigenvalue weighted by atomic mass is 35.5. The van der Waals surface area contributed by atoms with Crippen molar-refractivity contribution < 1.29 is 9.59 Å². The van der Waals surface area contributed by atoms with Crippen molar-refractivity contribution in [3.8, 4) is 0 Å². The summed E-state index contributed by atoms with van der Waals surface area (Å²) >= 11 is 0. The normalized spacial score (nSPS) is 22.3. The van der Waals surface area contributed by atoms with Crippen LogP contribution in [0.2, 0.25) is 0 Å². The van der Waals surface area contributed by atoms with Crippen LogP contribution in [-0.4, -0.2) is 31.4 Å². The van der Waals surface area contributed by atoms with Crippen LogP contribution in [0.1, 0.15) is 37.7 Å². The second-order valence-corrected chi connectivity index (χ2v) is 6.94. The summed E-state index contributed by atoms with van der Waals surface area (Å²) in [4.78, 5) is 24.2. The van der Waals surface area contributed by atoms with Gasteiger partial charge < -0.3 is 16.0 Å². The molecule has 0 aromatic heterocycles. The van der Waals surface area contributed by atoms with E-state index in [2.05, 4.69) is 16.0 Å². The van der Waals surface area contributed by atoms with E-state index in [4.69, 9.17) is 0 Å². The fraction of sp³-hybridized carbons (Fsp3) is 0.579. The van der Waals surface area contributed by atoms with Gasteiger partial charge in [-0.1, -0.05) is 18.2 Å². The lowest BCUT2D eigenvalue weighted by Crippen LogP contribution is -2.34. The SMILES string of the molecule is Cl.O=C(CCC1Cc2ccccc2NC1=O)NCCC1CCCNC1. The Labute approximate surface area is 155 Å². The van der Waals surface area contributed by atoms with Crippen molar-refractivity contribution in [2.45, 2.75) is 38.5 Å². The number of amides is 2. The molecular weight excluding hydrogens is 338 g/mol. The lowest BCUT2D eigenvalue weighted by atomic mass is 9.89. The predicted molar refractivity (Wildman–Crippen MR) is 102 cm³/mol. The number of anilines is 1. The second kappa shape index (κ2) is 9.78. The standard InChI is InChI=1S/C19H27N3O2.ClH/c23-18(21-11-9-14-4-3-10-20-13-14)8-7-16-12-15-5-1-2-6-17(15)22-19(16)24;/h1-2,5-6,14,16,20H,3-4,7-13H2,(H,21,23)(H,22,24);1H. The Hall–Kier alpha value is -1.59. The van der Waals surface area contributed by atoms with Crippen molar-refractivity contribution >= 4 is 29.9 Å². The van der Waals surface area contributed by atoms with Crippen LogP contribution in [0.4, 0.5) is 5.69 Å². The third-order valence-electron chi connectivity index (χ3n) is 5.11. The smallest absolute Gasteiger partial charge is 0.227 e. The van der Waals surface area contributed by atoms with Crippen molar-refractivity contribution in [2.24, 2.45) is 11.8 Å². The number of benzene rings is 1. The van der Waals surface area contributed by atoms with Crippen LogP contribution < -0.4 is 16.0 Å². The van der Waals surface area contributed by atoms with Crippen molar-refractivity contribution in [3.05, 3.63) is 29.8 Å². The van der Waals surface area contributed by atoms with Crippen molar-refractivity contribution in [1.29, 1.82) is 0 Å². The maximum Gasteiger partial charge on any atom is 0.227 e. The lowest BCUT2D eigenvalue weighted by molar-refractivity contribution is -0.122. The summed E-state index contributed by atoms with van der Waals surface area (Å²) < 4.78 is 0. The van der Waals surface area contributed by atoms with E-state index >= 15 is 0 Å². The molecule has 5 nitrogen and oxygen atoms in total. The summed E-state index contributed by atoms with van der Waals surface area (Å²) in [6, 6.07) is 7.88. The van der Waals surface area contributed by atoms with Gasteiger partial charge in [-0.05, 0) is 62.7 Å². The zero-order chi connectivity index (χ0) is 16.8. The Morgan fingerprint density at radius 1 is 1.24 bits per heavy atom. The van der Waals surface area contributed by atoms with Crippen LogP contribution in [0, 0.1) is 11.8 Å². The first kappa shape index (κ1) is 19.7. The minimum absolute atomic E-state index is 0. The maximum atomic E-state index is 12.1. The number of para-hydroxylation sites is 1. The molecule has 1 aromatic carbocycles. The van der Waals surface area contributed by atoms with Gasteiger partial charge in [-0.3, -0.25) is 9.59 Å². The summed E-state index contributed by atoms with van der Waals surface area (Å²) in [5, 5.41) is 9.34. The molecular formula is C19H28ClN3O2. The predicted octanol–water partition coefficient (Wildman–Crippen LogP) is 2.51. The molecule has 1 fully saturated rings. The van der Waals surface area contributed by atoms with Crippen LogP contribution >= 0.6 is 12.4 Å². The van der Waals surface area contributed by atoms with Crippen LogP contribution in [-0.2, 0) is 16.0 Å². The Balaban J connectivity index is 0.00000225. The number of carbonyl (C=O) groups excluding carboxylic acids is 2. The van der Waals surface area contributed by atoms with Crippen molar-refractivity contribution in [3.63, 3.8) is 0 Å². The Morgan fingerprint density at radius 2 is 2.08 bits per heavy atom. The summed E-state index contributed by atoms with van der Waals surface area (Å²) in [7, 11) is 0. The molecule has 138 valence electrons. The van der Waals surface area contributed by atoms with Gasteiger partial charge in [0.15, 0.2) is 0 Å². The molecule has 25 heavy (non-hydrogen) atoms. The van der Waals surface area contributed by atoms with Gasteiger partial charge in [-0.25, -0.2) is 0 Å².